The molecule has 0 radical (unpaired) electrons. The minimum Gasteiger partial charge on any atom is -0.309 e. The fourth-order valence-corrected chi connectivity index (χ4v) is 5.35. The standard InChI is InChI=1S/C26H27ClN4OS/c1-33-24-11-10-21(15-23(24)27)22(14-18-4-2-3-5-18)26(32)29-25-12-13-31(30-25)17-20-8-6-19(16-28)7-9-20/h6-13,15,18,22H,2-5,14,17H2,1H3,(H,29,30,32). The van der Waals surface area contributed by atoms with Crippen molar-refractivity contribution in [3.8, 4) is 6.07 Å². The lowest BCUT2D eigenvalue weighted by Crippen LogP contribution is -2.23. The highest BCUT2D eigenvalue weighted by atomic mass is 35.5. The number of thioether (sulfide) groups is 1. The summed E-state index contributed by atoms with van der Waals surface area (Å²) in [6.07, 6.45) is 9.52. The fourth-order valence-electron chi connectivity index (χ4n) is 4.47. The van der Waals surface area contributed by atoms with Crippen LogP contribution in [0.5, 0.6) is 0 Å². The number of benzene rings is 2. The molecule has 7 heteroatoms. The smallest absolute Gasteiger partial charge is 0.233 e. The van der Waals surface area contributed by atoms with Gasteiger partial charge in [0.2, 0.25) is 5.91 Å². The minimum atomic E-state index is -0.259. The molecule has 1 heterocycles. The van der Waals surface area contributed by atoms with E-state index in [2.05, 4.69) is 16.5 Å². The van der Waals surface area contributed by atoms with E-state index in [1.807, 2.05) is 48.9 Å². The van der Waals surface area contributed by atoms with Gasteiger partial charge < -0.3 is 5.32 Å². The third-order valence-corrected chi connectivity index (χ3v) is 7.48. The van der Waals surface area contributed by atoms with Crippen LogP contribution in [-0.2, 0) is 11.3 Å². The van der Waals surface area contributed by atoms with Gasteiger partial charge in [0.05, 0.1) is 29.1 Å². The zero-order valence-corrected chi connectivity index (χ0v) is 20.2. The molecule has 2 aromatic carbocycles. The van der Waals surface area contributed by atoms with Crippen LogP contribution in [0, 0.1) is 17.2 Å². The van der Waals surface area contributed by atoms with Crippen molar-refractivity contribution in [2.24, 2.45) is 5.92 Å². The summed E-state index contributed by atoms with van der Waals surface area (Å²) in [4.78, 5) is 14.4. The highest BCUT2D eigenvalue weighted by molar-refractivity contribution is 7.98. The lowest BCUT2D eigenvalue weighted by molar-refractivity contribution is -0.118. The number of nitriles is 1. The summed E-state index contributed by atoms with van der Waals surface area (Å²) < 4.78 is 1.78. The molecule has 170 valence electrons. The van der Waals surface area contributed by atoms with Gasteiger partial charge in [-0.05, 0) is 54.0 Å². The minimum absolute atomic E-state index is 0.0431. The van der Waals surface area contributed by atoms with Gasteiger partial charge in [0, 0.05) is 17.2 Å². The highest BCUT2D eigenvalue weighted by Gasteiger charge is 2.27. The first-order chi connectivity index (χ1) is 16.1. The molecule has 0 bridgehead atoms. The molecule has 1 atom stereocenters. The van der Waals surface area contributed by atoms with Crippen molar-refractivity contribution >= 4 is 35.1 Å². The van der Waals surface area contributed by atoms with Crippen molar-refractivity contribution in [1.29, 1.82) is 5.26 Å². The first-order valence-electron chi connectivity index (χ1n) is 11.2. The first kappa shape index (κ1) is 23.4. The molecule has 4 rings (SSSR count). The number of nitrogens with one attached hydrogen (secondary N) is 1. The van der Waals surface area contributed by atoms with Crippen molar-refractivity contribution in [1.82, 2.24) is 9.78 Å². The van der Waals surface area contributed by atoms with E-state index < -0.39 is 0 Å². The van der Waals surface area contributed by atoms with Gasteiger partial charge in [-0.3, -0.25) is 9.48 Å². The maximum absolute atomic E-state index is 13.4. The Morgan fingerprint density at radius 1 is 1.24 bits per heavy atom. The summed E-state index contributed by atoms with van der Waals surface area (Å²) in [7, 11) is 0. The van der Waals surface area contributed by atoms with Crippen LogP contribution in [0.1, 0.15) is 54.7 Å². The van der Waals surface area contributed by atoms with Gasteiger partial charge in [0.1, 0.15) is 0 Å². The average molecular weight is 479 g/mol. The summed E-state index contributed by atoms with van der Waals surface area (Å²) in [6.45, 7) is 0.568. The first-order valence-corrected chi connectivity index (χ1v) is 12.8. The van der Waals surface area contributed by atoms with Gasteiger partial charge in [0.25, 0.3) is 0 Å². The van der Waals surface area contributed by atoms with E-state index in [-0.39, 0.29) is 11.8 Å². The van der Waals surface area contributed by atoms with E-state index in [4.69, 9.17) is 16.9 Å². The molecular weight excluding hydrogens is 452 g/mol. The molecule has 1 unspecified atom stereocenters. The van der Waals surface area contributed by atoms with Crippen molar-refractivity contribution in [3.05, 3.63) is 76.4 Å². The number of amides is 1. The van der Waals surface area contributed by atoms with Crippen LogP contribution in [0.15, 0.2) is 59.6 Å². The number of rotatable bonds is 8. The molecule has 0 aliphatic heterocycles. The largest absolute Gasteiger partial charge is 0.309 e. The Balaban J connectivity index is 1.48. The van der Waals surface area contributed by atoms with Gasteiger partial charge in [-0.25, -0.2) is 0 Å². The normalized spacial score (nSPS) is 14.7. The quantitative estimate of drug-likeness (QED) is 0.376. The molecule has 1 amide bonds. The van der Waals surface area contributed by atoms with Crippen LogP contribution in [0.2, 0.25) is 5.02 Å². The highest BCUT2D eigenvalue weighted by Crippen LogP contribution is 2.37. The van der Waals surface area contributed by atoms with Crippen LogP contribution in [0.3, 0.4) is 0 Å². The summed E-state index contributed by atoms with van der Waals surface area (Å²) in [6, 6.07) is 17.3. The number of aromatic nitrogens is 2. The van der Waals surface area contributed by atoms with Crippen molar-refractivity contribution in [2.75, 3.05) is 11.6 Å². The van der Waals surface area contributed by atoms with Crippen LogP contribution in [0.4, 0.5) is 5.82 Å². The molecule has 3 aromatic rings. The van der Waals surface area contributed by atoms with Crippen molar-refractivity contribution in [2.45, 2.75) is 49.5 Å². The lowest BCUT2D eigenvalue weighted by Gasteiger charge is -2.21. The maximum atomic E-state index is 13.4. The number of nitrogens with zero attached hydrogens (tertiary/aromatic N) is 3. The monoisotopic (exact) mass is 478 g/mol. The molecule has 5 nitrogen and oxygen atoms in total. The molecule has 1 fully saturated rings. The summed E-state index contributed by atoms with van der Waals surface area (Å²) in [5.41, 5.74) is 2.63. The lowest BCUT2D eigenvalue weighted by atomic mass is 9.87. The predicted molar refractivity (Wildman–Crippen MR) is 134 cm³/mol. The number of carbonyl (C=O) groups is 1. The van der Waals surface area contributed by atoms with E-state index in [9.17, 15) is 4.79 Å². The Morgan fingerprint density at radius 3 is 2.67 bits per heavy atom. The second kappa shape index (κ2) is 10.9. The summed E-state index contributed by atoms with van der Waals surface area (Å²) in [5.74, 6) is 0.800. The molecule has 1 N–H and O–H groups in total. The van der Waals surface area contributed by atoms with E-state index in [1.54, 1.807) is 28.6 Å². The van der Waals surface area contributed by atoms with E-state index in [0.29, 0.717) is 28.9 Å². The molecule has 0 spiro atoms. The number of hydrogen-bond donors (Lipinski definition) is 1. The van der Waals surface area contributed by atoms with Gasteiger partial charge in [-0.2, -0.15) is 10.4 Å². The second-order valence-corrected chi connectivity index (χ2v) is 9.78. The van der Waals surface area contributed by atoms with E-state index in [1.165, 1.54) is 25.7 Å². The Bertz CT molecular complexity index is 1150. The zero-order chi connectivity index (χ0) is 23.2. The third-order valence-electron chi connectivity index (χ3n) is 6.26. The van der Waals surface area contributed by atoms with Crippen molar-refractivity contribution < 1.29 is 4.79 Å². The van der Waals surface area contributed by atoms with E-state index >= 15 is 0 Å². The Morgan fingerprint density at radius 2 is 2.00 bits per heavy atom. The van der Waals surface area contributed by atoms with Crippen molar-refractivity contribution in [3.63, 3.8) is 0 Å². The molecule has 1 aliphatic carbocycles. The van der Waals surface area contributed by atoms with Gasteiger partial charge in [0.15, 0.2) is 5.82 Å². The number of halogens is 1. The Kier molecular flexibility index (Phi) is 7.74. The van der Waals surface area contributed by atoms with E-state index in [0.717, 1.165) is 22.4 Å². The number of anilines is 1. The Labute approximate surface area is 204 Å². The molecule has 1 saturated carbocycles. The maximum Gasteiger partial charge on any atom is 0.233 e. The van der Waals surface area contributed by atoms with Crippen LogP contribution < -0.4 is 5.32 Å². The predicted octanol–water partition coefficient (Wildman–Crippen LogP) is 6.48. The third kappa shape index (κ3) is 5.98. The van der Waals surface area contributed by atoms with Gasteiger partial charge >= 0.3 is 0 Å². The van der Waals surface area contributed by atoms with Crippen LogP contribution in [0.25, 0.3) is 0 Å². The molecular formula is C26H27ClN4OS. The zero-order valence-electron chi connectivity index (χ0n) is 18.6. The number of hydrogen-bond acceptors (Lipinski definition) is 4. The van der Waals surface area contributed by atoms with Crippen LogP contribution in [-0.4, -0.2) is 21.9 Å². The van der Waals surface area contributed by atoms with Gasteiger partial charge in [-0.1, -0.05) is 55.5 Å². The average Bonchev–Trinajstić information content (AvgIpc) is 3.50. The molecule has 33 heavy (non-hydrogen) atoms. The SMILES string of the molecule is CSc1ccc(C(CC2CCCC2)C(=O)Nc2ccn(Cc3ccc(C#N)cc3)n2)cc1Cl. The van der Waals surface area contributed by atoms with Crippen LogP contribution >= 0.6 is 23.4 Å². The van der Waals surface area contributed by atoms with Gasteiger partial charge in [-0.15, -0.1) is 11.8 Å². The molecule has 1 aromatic heterocycles. The summed E-state index contributed by atoms with van der Waals surface area (Å²) in [5, 5.41) is 17.2. The Hall–Kier alpha value is -2.75. The topological polar surface area (TPSA) is 70.7 Å². The molecule has 1 aliphatic rings. The second-order valence-electron chi connectivity index (χ2n) is 8.53. The summed E-state index contributed by atoms with van der Waals surface area (Å²) >= 11 is 8.07. The molecule has 0 saturated heterocycles. The number of carbonyl (C=O) groups excluding carboxylic acids is 1. The fraction of sp³-hybridized carbons (Fsp3) is 0.346.